The molecule has 2 N–H and O–H groups in total. The zero-order valence-electron chi connectivity index (χ0n) is 17.9. The van der Waals surface area contributed by atoms with Crippen molar-refractivity contribution in [2.75, 3.05) is 56.7 Å². The number of morpholine rings is 1. The second kappa shape index (κ2) is 9.62. The van der Waals surface area contributed by atoms with Gasteiger partial charge in [-0.3, -0.25) is 14.5 Å². The predicted molar refractivity (Wildman–Crippen MR) is 117 cm³/mol. The lowest BCUT2D eigenvalue weighted by molar-refractivity contribution is -0.136. The van der Waals surface area contributed by atoms with Crippen molar-refractivity contribution in [3.05, 3.63) is 59.2 Å². The van der Waals surface area contributed by atoms with Gasteiger partial charge in [0, 0.05) is 45.0 Å². The smallest absolute Gasteiger partial charge is 0.313 e. The standard InChI is InChI=1S/C23H26F2N4O3/c1-28-7-6-16-12-15(2-5-20(16)28)21(29-8-10-32-11-9-29)14-26-22(30)23(31)27-19-4-3-17(24)13-18(19)25/h2-5,12-13,21H,6-11,14H2,1H3,(H,26,30)(H,27,31)/t21-/m1/s1. The Morgan fingerprint density at radius 2 is 1.84 bits per heavy atom. The Bertz CT molecular complexity index is 1010. The first-order chi connectivity index (χ1) is 15.4. The molecule has 2 aliphatic rings. The number of carbonyl (C=O) groups excluding carboxylic acids is 2. The molecular formula is C23H26F2N4O3. The summed E-state index contributed by atoms with van der Waals surface area (Å²) in [5.74, 6) is -3.60. The van der Waals surface area contributed by atoms with E-state index >= 15 is 0 Å². The number of carbonyl (C=O) groups is 2. The van der Waals surface area contributed by atoms with Gasteiger partial charge in [0.1, 0.15) is 11.6 Å². The second-order valence-electron chi connectivity index (χ2n) is 8.01. The number of ether oxygens (including phenoxy) is 1. The first-order valence-corrected chi connectivity index (χ1v) is 10.6. The van der Waals surface area contributed by atoms with Crippen LogP contribution in [0.25, 0.3) is 0 Å². The van der Waals surface area contributed by atoms with Crippen molar-refractivity contribution in [1.29, 1.82) is 0 Å². The van der Waals surface area contributed by atoms with Crippen molar-refractivity contribution in [2.24, 2.45) is 0 Å². The molecule has 32 heavy (non-hydrogen) atoms. The molecule has 2 aliphatic heterocycles. The normalized spacial score (nSPS) is 17.0. The van der Waals surface area contributed by atoms with Gasteiger partial charge in [-0.15, -0.1) is 0 Å². The summed E-state index contributed by atoms with van der Waals surface area (Å²) in [6.45, 7) is 3.81. The molecule has 2 heterocycles. The average molecular weight is 444 g/mol. The molecule has 0 aromatic heterocycles. The van der Waals surface area contributed by atoms with E-state index < -0.39 is 23.4 Å². The maximum atomic E-state index is 13.8. The lowest BCUT2D eigenvalue weighted by atomic mass is 10.0. The van der Waals surface area contributed by atoms with Crippen LogP contribution in [0.5, 0.6) is 0 Å². The summed E-state index contributed by atoms with van der Waals surface area (Å²) in [5.41, 5.74) is 3.28. The molecule has 2 amide bonds. The van der Waals surface area contributed by atoms with Crippen LogP contribution in [0.2, 0.25) is 0 Å². The van der Waals surface area contributed by atoms with Gasteiger partial charge in [0.05, 0.1) is 24.9 Å². The van der Waals surface area contributed by atoms with Gasteiger partial charge in [-0.05, 0) is 35.7 Å². The van der Waals surface area contributed by atoms with Gasteiger partial charge in [0.15, 0.2) is 0 Å². The van der Waals surface area contributed by atoms with E-state index in [9.17, 15) is 18.4 Å². The van der Waals surface area contributed by atoms with E-state index in [4.69, 9.17) is 4.74 Å². The highest BCUT2D eigenvalue weighted by molar-refractivity contribution is 6.39. The van der Waals surface area contributed by atoms with Crippen LogP contribution in [0.4, 0.5) is 20.2 Å². The molecule has 4 rings (SSSR count). The summed E-state index contributed by atoms with van der Waals surface area (Å²) < 4.78 is 32.3. The Kier molecular flexibility index (Phi) is 6.66. The number of rotatable bonds is 5. The van der Waals surface area contributed by atoms with Crippen molar-refractivity contribution in [1.82, 2.24) is 10.2 Å². The van der Waals surface area contributed by atoms with Crippen LogP contribution >= 0.6 is 0 Å². The predicted octanol–water partition coefficient (Wildman–Crippen LogP) is 2.09. The molecule has 0 spiro atoms. The minimum atomic E-state index is -1.01. The van der Waals surface area contributed by atoms with Crippen LogP contribution in [0.15, 0.2) is 36.4 Å². The summed E-state index contributed by atoms with van der Waals surface area (Å²) in [5, 5.41) is 4.85. The highest BCUT2D eigenvalue weighted by atomic mass is 19.1. The molecule has 0 saturated carbocycles. The quantitative estimate of drug-likeness (QED) is 0.691. The van der Waals surface area contributed by atoms with E-state index in [1.54, 1.807) is 0 Å². The van der Waals surface area contributed by atoms with E-state index in [1.165, 1.54) is 11.3 Å². The van der Waals surface area contributed by atoms with Gasteiger partial charge in [-0.2, -0.15) is 0 Å². The number of fused-ring (bicyclic) bond motifs is 1. The minimum absolute atomic E-state index is 0.130. The van der Waals surface area contributed by atoms with Crippen LogP contribution in [0.3, 0.4) is 0 Å². The number of hydrogen-bond acceptors (Lipinski definition) is 5. The number of likely N-dealkylation sites (N-methyl/N-ethyl adjacent to an activating group) is 1. The van der Waals surface area contributed by atoms with E-state index in [0.29, 0.717) is 32.4 Å². The first kappa shape index (κ1) is 22.2. The third-order valence-electron chi connectivity index (χ3n) is 5.94. The molecule has 1 saturated heterocycles. The zero-order chi connectivity index (χ0) is 22.7. The third kappa shape index (κ3) is 4.89. The van der Waals surface area contributed by atoms with Crippen molar-refractivity contribution in [2.45, 2.75) is 12.5 Å². The van der Waals surface area contributed by atoms with E-state index in [0.717, 1.165) is 30.7 Å². The van der Waals surface area contributed by atoms with Crippen LogP contribution in [0.1, 0.15) is 17.2 Å². The third-order valence-corrected chi connectivity index (χ3v) is 5.94. The number of anilines is 2. The molecule has 0 bridgehead atoms. The van der Waals surface area contributed by atoms with Crippen molar-refractivity contribution in [3.63, 3.8) is 0 Å². The summed E-state index contributed by atoms with van der Waals surface area (Å²) in [6.07, 6.45) is 0.966. The fourth-order valence-corrected chi connectivity index (χ4v) is 4.18. The van der Waals surface area contributed by atoms with Gasteiger partial charge >= 0.3 is 11.8 Å². The lowest BCUT2D eigenvalue weighted by Crippen LogP contribution is -2.45. The Hall–Kier alpha value is -3.04. The largest absolute Gasteiger partial charge is 0.379 e. The average Bonchev–Trinajstić information content (AvgIpc) is 3.16. The molecule has 9 heteroatoms. The summed E-state index contributed by atoms with van der Waals surface area (Å²) in [4.78, 5) is 29.1. The number of nitrogens with zero attached hydrogens (tertiary/aromatic N) is 2. The summed E-state index contributed by atoms with van der Waals surface area (Å²) in [6, 6.07) is 8.92. The summed E-state index contributed by atoms with van der Waals surface area (Å²) >= 11 is 0. The van der Waals surface area contributed by atoms with Crippen molar-refractivity contribution >= 4 is 23.2 Å². The van der Waals surface area contributed by atoms with Gasteiger partial charge in [-0.1, -0.05) is 12.1 Å². The van der Waals surface area contributed by atoms with Crippen LogP contribution in [-0.2, 0) is 20.7 Å². The SMILES string of the molecule is CN1CCc2cc([C@@H](CNC(=O)C(=O)Nc3ccc(F)cc3F)N3CCOCC3)ccc21. The van der Waals surface area contributed by atoms with Gasteiger partial charge in [0.2, 0.25) is 0 Å². The molecule has 7 nitrogen and oxygen atoms in total. The monoisotopic (exact) mass is 444 g/mol. The Morgan fingerprint density at radius 1 is 1.06 bits per heavy atom. The number of benzene rings is 2. The highest BCUT2D eigenvalue weighted by Gasteiger charge is 2.26. The number of hydrogen-bond donors (Lipinski definition) is 2. The molecular weight excluding hydrogens is 418 g/mol. The van der Waals surface area contributed by atoms with Crippen LogP contribution < -0.4 is 15.5 Å². The minimum Gasteiger partial charge on any atom is -0.379 e. The Balaban J connectivity index is 1.45. The van der Waals surface area contributed by atoms with Crippen molar-refractivity contribution in [3.8, 4) is 0 Å². The maximum absolute atomic E-state index is 13.8. The number of nitrogens with one attached hydrogen (secondary N) is 2. The molecule has 0 radical (unpaired) electrons. The fraction of sp³-hybridized carbons (Fsp3) is 0.391. The van der Waals surface area contributed by atoms with E-state index in [-0.39, 0.29) is 18.3 Å². The molecule has 0 aliphatic carbocycles. The molecule has 2 aromatic rings. The Labute approximate surface area is 185 Å². The summed E-state index contributed by atoms with van der Waals surface area (Å²) in [7, 11) is 2.06. The second-order valence-corrected chi connectivity index (χ2v) is 8.01. The van der Waals surface area contributed by atoms with Gasteiger partial charge in [-0.25, -0.2) is 8.78 Å². The topological polar surface area (TPSA) is 73.9 Å². The van der Waals surface area contributed by atoms with Gasteiger partial charge < -0.3 is 20.3 Å². The maximum Gasteiger partial charge on any atom is 0.313 e. The highest BCUT2D eigenvalue weighted by Crippen LogP contribution is 2.31. The zero-order valence-corrected chi connectivity index (χ0v) is 17.9. The molecule has 2 aromatic carbocycles. The van der Waals surface area contributed by atoms with E-state index in [1.807, 2.05) is 0 Å². The molecule has 170 valence electrons. The van der Waals surface area contributed by atoms with Crippen molar-refractivity contribution < 1.29 is 23.1 Å². The van der Waals surface area contributed by atoms with Crippen LogP contribution in [0, 0.1) is 11.6 Å². The Morgan fingerprint density at radius 3 is 2.59 bits per heavy atom. The number of halogens is 2. The van der Waals surface area contributed by atoms with Gasteiger partial charge in [0.25, 0.3) is 0 Å². The molecule has 0 unspecified atom stereocenters. The van der Waals surface area contributed by atoms with E-state index in [2.05, 4.69) is 45.7 Å². The van der Waals surface area contributed by atoms with Crippen LogP contribution in [-0.4, -0.2) is 63.2 Å². The first-order valence-electron chi connectivity index (χ1n) is 10.6. The number of amides is 2. The molecule has 1 fully saturated rings. The molecule has 1 atom stereocenters. The lowest BCUT2D eigenvalue weighted by Gasteiger charge is -2.35. The fourth-order valence-electron chi connectivity index (χ4n) is 4.18.